The summed E-state index contributed by atoms with van der Waals surface area (Å²) in [6.07, 6.45) is 0. The Kier molecular flexibility index (Phi) is 0.773. The molecule has 0 aliphatic heterocycles. The normalized spacial score (nSPS) is 10.2. The van der Waals surface area contributed by atoms with Gasteiger partial charge in [-0.25, -0.2) is 0 Å². The SMILES string of the molecule is c1ccc(-n2[nH]o2)cc1. The molecule has 0 aliphatic rings. The highest BCUT2D eigenvalue weighted by Gasteiger charge is 1.97. The molecule has 0 saturated heterocycles. The van der Waals surface area contributed by atoms with Crippen LogP contribution in [-0.4, -0.2) is 10.1 Å². The monoisotopic (exact) mass is 122 g/mol. The van der Waals surface area contributed by atoms with Crippen LogP contribution in [0.3, 0.4) is 0 Å². The maximum absolute atomic E-state index is 4.68. The number of nitrogens with zero attached hydrogens (tertiary/aromatic N) is 1. The molecule has 9 heavy (non-hydrogen) atoms. The molecule has 0 aliphatic carbocycles. The van der Waals surface area contributed by atoms with E-state index in [1.54, 1.807) is 4.85 Å². The Morgan fingerprint density at radius 2 is 1.89 bits per heavy atom. The van der Waals surface area contributed by atoms with Crippen molar-refractivity contribution in [1.82, 2.24) is 10.1 Å². The summed E-state index contributed by atoms with van der Waals surface area (Å²) >= 11 is 0. The standard InChI is InChI=1S/C6H6N2O/c1-2-4-6(5-3-1)8-7-9-8/h1-5,7H. The number of para-hydroxylation sites is 1. The summed E-state index contributed by atoms with van der Waals surface area (Å²) in [5.41, 5.74) is 1.03. The van der Waals surface area contributed by atoms with Crippen molar-refractivity contribution in [2.75, 3.05) is 0 Å². The van der Waals surface area contributed by atoms with Crippen LogP contribution in [0.4, 0.5) is 0 Å². The number of hydrogen-bond donors (Lipinski definition) is 1. The molecule has 1 aromatic heterocycles. The fourth-order valence-corrected chi connectivity index (χ4v) is 0.689. The topological polar surface area (TPSA) is 33.9 Å². The lowest BCUT2D eigenvalue weighted by atomic mass is 10.3. The summed E-state index contributed by atoms with van der Waals surface area (Å²) in [7, 11) is 0. The van der Waals surface area contributed by atoms with Crippen molar-refractivity contribution in [1.29, 1.82) is 0 Å². The predicted octanol–water partition coefficient (Wildman–Crippen LogP) is 1.40. The van der Waals surface area contributed by atoms with Crippen LogP contribution >= 0.6 is 0 Å². The second-order valence-corrected chi connectivity index (χ2v) is 1.81. The second kappa shape index (κ2) is 1.55. The summed E-state index contributed by atoms with van der Waals surface area (Å²) in [6, 6.07) is 9.80. The van der Waals surface area contributed by atoms with Gasteiger partial charge in [0.05, 0.1) is 0 Å². The number of aromatic amines is 1. The maximum atomic E-state index is 4.68. The van der Waals surface area contributed by atoms with Crippen LogP contribution in [0.5, 0.6) is 0 Å². The highest BCUT2D eigenvalue weighted by atomic mass is 16.7. The highest BCUT2D eigenvalue weighted by Crippen LogP contribution is 2.04. The first kappa shape index (κ1) is 4.49. The highest BCUT2D eigenvalue weighted by molar-refractivity contribution is 5.27. The number of benzene rings is 1. The average Bonchev–Trinajstić information content (AvgIpc) is 2.71. The van der Waals surface area contributed by atoms with Gasteiger partial charge in [0, 0.05) is 0 Å². The molecule has 1 N–H and O–H groups in total. The van der Waals surface area contributed by atoms with Gasteiger partial charge in [-0.15, -0.1) is 0 Å². The quantitative estimate of drug-likeness (QED) is 0.609. The van der Waals surface area contributed by atoms with Crippen LogP contribution < -0.4 is 0 Å². The molecule has 0 saturated carbocycles. The molecule has 0 amide bonds. The fraction of sp³-hybridized carbons (Fsp3) is 0. The van der Waals surface area contributed by atoms with Crippen LogP contribution in [0.1, 0.15) is 0 Å². The number of H-pyrrole nitrogens is 1. The van der Waals surface area contributed by atoms with Gasteiger partial charge in [0.2, 0.25) is 0 Å². The number of nitrogens with one attached hydrogen (secondary N) is 1. The van der Waals surface area contributed by atoms with E-state index >= 15 is 0 Å². The summed E-state index contributed by atoms with van der Waals surface area (Å²) in [5, 5.41) is 2.58. The van der Waals surface area contributed by atoms with Gasteiger partial charge in [-0.1, -0.05) is 28.3 Å². The van der Waals surface area contributed by atoms with E-state index < -0.39 is 0 Å². The zero-order valence-electron chi connectivity index (χ0n) is 4.74. The van der Waals surface area contributed by atoms with Crippen molar-refractivity contribution < 1.29 is 4.63 Å². The minimum atomic E-state index is 1.03. The van der Waals surface area contributed by atoms with E-state index in [0.29, 0.717) is 0 Å². The lowest BCUT2D eigenvalue weighted by Gasteiger charge is -1.84. The summed E-state index contributed by atoms with van der Waals surface area (Å²) in [6.45, 7) is 0. The molecule has 3 heteroatoms. The molecule has 0 spiro atoms. The van der Waals surface area contributed by atoms with E-state index in [-0.39, 0.29) is 0 Å². The number of rotatable bonds is 1. The Morgan fingerprint density at radius 1 is 1.22 bits per heavy atom. The molecule has 0 atom stereocenters. The Bertz CT molecular complexity index is 256. The zero-order valence-corrected chi connectivity index (χ0v) is 4.74. The Morgan fingerprint density at radius 3 is 2.44 bits per heavy atom. The fourth-order valence-electron chi connectivity index (χ4n) is 0.689. The number of hydrogen-bond acceptors (Lipinski definition) is 1. The molecule has 46 valence electrons. The van der Waals surface area contributed by atoms with Gasteiger partial charge >= 0.3 is 0 Å². The Balaban J connectivity index is 2.44. The van der Waals surface area contributed by atoms with E-state index in [4.69, 9.17) is 0 Å². The molecular formula is C6H6N2O. The van der Waals surface area contributed by atoms with Crippen molar-refractivity contribution in [2.24, 2.45) is 0 Å². The number of aromatic nitrogens is 2. The molecule has 0 fully saturated rings. The third-order valence-corrected chi connectivity index (χ3v) is 1.17. The van der Waals surface area contributed by atoms with Crippen molar-refractivity contribution in [3.63, 3.8) is 0 Å². The molecule has 0 unspecified atom stereocenters. The van der Waals surface area contributed by atoms with Crippen molar-refractivity contribution in [3.05, 3.63) is 30.3 Å². The van der Waals surface area contributed by atoms with Crippen LogP contribution in [0.25, 0.3) is 5.69 Å². The van der Waals surface area contributed by atoms with E-state index in [0.717, 1.165) is 5.69 Å². The lowest BCUT2D eigenvalue weighted by molar-refractivity contribution is 0.501. The van der Waals surface area contributed by atoms with Crippen molar-refractivity contribution in [2.45, 2.75) is 0 Å². The molecule has 3 nitrogen and oxygen atoms in total. The summed E-state index contributed by atoms with van der Waals surface area (Å²) in [4.78, 5) is 1.58. The van der Waals surface area contributed by atoms with Gasteiger partial charge < -0.3 is 0 Å². The smallest absolute Gasteiger partial charge is 0.105 e. The van der Waals surface area contributed by atoms with Crippen LogP contribution in [0.15, 0.2) is 35.0 Å². The van der Waals surface area contributed by atoms with E-state index in [9.17, 15) is 0 Å². The van der Waals surface area contributed by atoms with Crippen LogP contribution in [0.2, 0.25) is 0 Å². The van der Waals surface area contributed by atoms with Crippen LogP contribution in [-0.2, 0) is 0 Å². The van der Waals surface area contributed by atoms with E-state index in [1.165, 1.54) is 0 Å². The minimum absolute atomic E-state index is 1.03. The largest absolute Gasteiger partial charge is 0.252 e. The molecule has 2 aromatic rings. The van der Waals surface area contributed by atoms with Crippen LogP contribution in [0, 0.1) is 0 Å². The van der Waals surface area contributed by atoms with Crippen molar-refractivity contribution >= 4 is 0 Å². The zero-order chi connectivity index (χ0) is 6.10. The van der Waals surface area contributed by atoms with Gasteiger partial charge in [-0.3, -0.25) is 4.63 Å². The maximum Gasteiger partial charge on any atom is 0.105 e. The lowest BCUT2D eigenvalue weighted by Crippen LogP contribution is -1.78. The third-order valence-electron chi connectivity index (χ3n) is 1.17. The molecule has 1 heterocycles. The second-order valence-electron chi connectivity index (χ2n) is 1.81. The molecular weight excluding hydrogens is 116 g/mol. The first-order chi connectivity index (χ1) is 4.47. The van der Waals surface area contributed by atoms with Gasteiger partial charge in [0.15, 0.2) is 0 Å². The predicted molar refractivity (Wildman–Crippen MR) is 32.4 cm³/mol. The molecule has 0 bridgehead atoms. The van der Waals surface area contributed by atoms with Gasteiger partial charge in [-0.2, -0.15) is 0 Å². The van der Waals surface area contributed by atoms with Gasteiger partial charge in [0.1, 0.15) is 5.69 Å². The molecule has 2 rings (SSSR count). The first-order valence-electron chi connectivity index (χ1n) is 2.74. The summed E-state index contributed by atoms with van der Waals surface area (Å²) in [5.74, 6) is 0. The van der Waals surface area contributed by atoms with E-state index in [2.05, 4.69) is 9.90 Å². The van der Waals surface area contributed by atoms with E-state index in [1.807, 2.05) is 30.3 Å². The minimum Gasteiger partial charge on any atom is -0.252 e. The van der Waals surface area contributed by atoms with Gasteiger partial charge in [0.25, 0.3) is 0 Å². The first-order valence-corrected chi connectivity index (χ1v) is 2.74. The molecule has 0 radical (unpaired) electrons. The Hall–Kier alpha value is -1.38. The van der Waals surface area contributed by atoms with Gasteiger partial charge in [-0.05, 0) is 12.1 Å². The average molecular weight is 122 g/mol. The molecule has 1 aromatic carbocycles. The Labute approximate surface area is 51.8 Å². The summed E-state index contributed by atoms with van der Waals surface area (Å²) < 4.78 is 4.68. The van der Waals surface area contributed by atoms with Crippen molar-refractivity contribution in [3.8, 4) is 5.69 Å². The third kappa shape index (κ3) is 0.762.